The van der Waals surface area contributed by atoms with Crippen LogP contribution in [0.1, 0.15) is 20.8 Å². The van der Waals surface area contributed by atoms with Crippen molar-refractivity contribution < 1.29 is 9.53 Å². The largest absolute Gasteiger partial charge is 0.442 e. The van der Waals surface area contributed by atoms with Crippen molar-refractivity contribution in [2.24, 2.45) is 5.41 Å². The van der Waals surface area contributed by atoms with Crippen LogP contribution in [0.4, 0.5) is 0 Å². The van der Waals surface area contributed by atoms with Gasteiger partial charge in [0.15, 0.2) is 12.6 Å². The van der Waals surface area contributed by atoms with Crippen LogP contribution in [0.15, 0.2) is 30.3 Å². The second-order valence-electron chi connectivity index (χ2n) is 5.18. The normalized spacial score (nSPS) is 11.3. The molecule has 0 atom stereocenters. The summed E-state index contributed by atoms with van der Waals surface area (Å²) in [4.78, 5) is 11.7. The number of benzene rings is 1. The van der Waals surface area contributed by atoms with E-state index >= 15 is 0 Å². The minimum Gasteiger partial charge on any atom is -0.442 e. The monoisotopic (exact) mass is 260 g/mol. The Morgan fingerprint density at radius 1 is 1.26 bits per heavy atom. The molecule has 0 bridgehead atoms. The molecular formula is C13H16N4O2. The molecule has 0 spiro atoms. The third-order valence-corrected chi connectivity index (χ3v) is 2.49. The summed E-state index contributed by atoms with van der Waals surface area (Å²) in [5.41, 5.74) is 0.334. The molecule has 1 aromatic heterocycles. The van der Waals surface area contributed by atoms with E-state index in [1.165, 1.54) is 4.68 Å². The summed E-state index contributed by atoms with van der Waals surface area (Å²) in [7, 11) is 0. The summed E-state index contributed by atoms with van der Waals surface area (Å²) in [5, 5.41) is 11.4. The van der Waals surface area contributed by atoms with Gasteiger partial charge in [-0.3, -0.25) is 4.79 Å². The first-order valence-corrected chi connectivity index (χ1v) is 5.97. The van der Waals surface area contributed by atoms with Crippen LogP contribution in [0.3, 0.4) is 0 Å². The van der Waals surface area contributed by atoms with Gasteiger partial charge in [-0.2, -0.15) is 4.68 Å². The molecule has 0 amide bonds. The van der Waals surface area contributed by atoms with Gasteiger partial charge in [0, 0.05) is 5.56 Å². The molecule has 1 heterocycles. The number of carbonyl (C=O) groups excluding carboxylic acids is 1. The zero-order valence-corrected chi connectivity index (χ0v) is 11.2. The Kier molecular flexibility index (Phi) is 3.59. The molecule has 0 saturated carbocycles. The van der Waals surface area contributed by atoms with Crippen molar-refractivity contribution in [2.75, 3.05) is 0 Å². The van der Waals surface area contributed by atoms with E-state index in [1.54, 1.807) is 20.8 Å². The van der Waals surface area contributed by atoms with Crippen molar-refractivity contribution in [3.05, 3.63) is 30.3 Å². The number of hydrogen-bond donors (Lipinski definition) is 0. The van der Waals surface area contributed by atoms with Crippen LogP contribution in [0.5, 0.6) is 0 Å². The number of nitrogens with zero attached hydrogens (tertiary/aromatic N) is 4. The fourth-order valence-corrected chi connectivity index (χ4v) is 1.42. The zero-order valence-electron chi connectivity index (χ0n) is 11.2. The second kappa shape index (κ2) is 5.17. The molecular weight excluding hydrogens is 244 g/mol. The van der Waals surface area contributed by atoms with E-state index in [0.717, 1.165) is 5.56 Å². The van der Waals surface area contributed by atoms with E-state index in [2.05, 4.69) is 15.5 Å². The summed E-state index contributed by atoms with van der Waals surface area (Å²) in [5.74, 6) is 0.282. The Labute approximate surface area is 111 Å². The molecule has 0 N–H and O–H groups in total. The van der Waals surface area contributed by atoms with Gasteiger partial charge in [0.2, 0.25) is 0 Å². The summed E-state index contributed by atoms with van der Waals surface area (Å²) < 4.78 is 6.65. The van der Waals surface area contributed by atoms with Gasteiger partial charge >= 0.3 is 5.97 Å². The van der Waals surface area contributed by atoms with E-state index in [0.29, 0.717) is 5.82 Å². The van der Waals surface area contributed by atoms with Crippen LogP contribution in [0, 0.1) is 5.41 Å². The Bertz CT molecular complexity index is 558. The Balaban J connectivity index is 2.11. The quantitative estimate of drug-likeness (QED) is 0.788. The minimum absolute atomic E-state index is 0.00727. The lowest BCUT2D eigenvalue weighted by atomic mass is 9.98. The maximum atomic E-state index is 11.7. The maximum absolute atomic E-state index is 11.7. The molecule has 0 fully saturated rings. The molecule has 2 aromatic rings. The summed E-state index contributed by atoms with van der Waals surface area (Å²) >= 11 is 0. The average molecular weight is 260 g/mol. The van der Waals surface area contributed by atoms with Crippen LogP contribution in [-0.2, 0) is 16.3 Å². The first-order valence-electron chi connectivity index (χ1n) is 5.97. The van der Waals surface area contributed by atoms with Gasteiger partial charge < -0.3 is 4.74 Å². The number of carbonyl (C=O) groups is 1. The highest BCUT2D eigenvalue weighted by atomic mass is 16.5. The number of rotatable bonds is 3. The fraction of sp³-hybridized carbons (Fsp3) is 0.385. The van der Waals surface area contributed by atoms with Crippen molar-refractivity contribution in [3.63, 3.8) is 0 Å². The van der Waals surface area contributed by atoms with Crippen LogP contribution in [0.25, 0.3) is 11.4 Å². The van der Waals surface area contributed by atoms with Crippen LogP contribution >= 0.6 is 0 Å². The Morgan fingerprint density at radius 3 is 2.58 bits per heavy atom. The van der Waals surface area contributed by atoms with Gasteiger partial charge in [-0.25, -0.2) is 0 Å². The van der Waals surface area contributed by atoms with E-state index in [9.17, 15) is 4.79 Å². The lowest BCUT2D eigenvalue weighted by Gasteiger charge is -2.16. The number of aromatic nitrogens is 4. The fourth-order valence-electron chi connectivity index (χ4n) is 1.42. The first kappa shape index (κ1) is 13.2. The van der Waals surface area contributed by atoms with Crippen molar-refractivity contribution in [3.8, 4) is 11.4 Å². The number of tetrazole rings is 1. The number of ether oxygens (including phenoxy) is 1. The molecule has 0 unspecified atom stereocenters. The summed E-state index contributed by atoms with van der Waals surface area (Å²) in [6.45, 7) is 5.40. The zero-order chi connectivity index (χ0) is 13.9. The van der Waals surface area contributed by atoms with Crippen LogP contribution < -0.4 is 0 Å². The van der Waals surface area contributed by atoms with Crippen LogP contribution in [0.2, 0.25) is 0 Å². The number of esters is 1. The molecule has 6 heteroatoms. The lowest BCUT2D eigenvalue weighted by molar-refractivity contribution is -0.157. The van der Waals surface area contributed by atoms with Gasteiger partial charge in [-0.05, 0) is 31.2 Å². The predicted octanol–water partition coefficient (Wildman–Crippen LogP) is 1.89. The summed E-state index contributed by atoms with van der Waals surface area (Å²) in [6.07, 6.45) is 0. The van der Waals surface area contributed by atoms with Crippen molar-refractivity contribution in [1.29, 1.82) is 0 Å². The topological polar surface area (TPSA) is 69.9 Å². The molecule has 1 aromatic carbocycles. The average Bonchev–Trinajstić information content (AvgIpc) is 2.84. The lowest BCUT2D eigenvalue weighted by Crippen LogP contribution is -2.24. The van der Waals surface area contributed by atoms with E-state index in [-0.39, 0.29) is 12.7 Å². The smallest absolute Gasteiger partial charge is 0.313 e. The molecule has 100 valence electrons. The first-order chi connectivity index (χ1) is 8.98. The van der Waals surface area contributed by atoms with Crippen LogP contribution in [-0.4, -0.2) is 26.2 Å². The SMILES string of the molecule is CC(C)(C)C(=O)OCn1nnnc1-c1ccccc1. The highest BCUT2D eigenvalue weighted by Gasteiger charge is 2.23. The molecule has 6 nitrogen and oxygen atoms in total. The predicted molar refractivity (Wildman–Crippen MR) is 68.8 cm³/mol. The molecule has 0 aliphatic carbocycles. The van der Waals surface area contributed by atoms with Gasteiger partial charge in [0.1, 0.15) is 0 Å². The molecule has 0 radical (unpaired) electrons. The van der Waals surface area contributed by atoms with Gasteiger partial charge in [-0.15, -0.1) is 5.10 Å². The van der Waals surface area contributed by atoms with E-state index < -0.39 is 5.41 Å². The highest BCUT2D eigenvalue weighted by Crippen LogP contribution is 2.17. The molecule has 2 rings (SSSR count). The Morgan fingerprint density at radius 2 is 1.95 bits per heavy atom. The molecule has 19 heavy (non-hydrogen) atoms. The molecule has 0 aliphatic heterocycles. The van der Waals surface area contributed by atoms with Crippen molar-refractivity contribution >= 4 is 5.97 Å². The second-order valence-corrected chi connectivity index (χ2v) is 5.18. The Hall–Kier alpha value is -2.24. The third-order valence-electron chi connectivity index (χ3n) is 2.49. The molecule has 0 aliphatic rings. The molecule has 0 saturated heterocycles. The minimum atomic E-state index is -0.541. The van der Waals surface area contributed by atoms with Gasteiger partial charge in [0.25, 0.3) is 0 Å². The third kappa shape index (κ3) is 3.15. The highest BCUT2D eigenvalue weighted by molar-refractivity contribution is 5.75. The maximum Gasteiger partial charge on any atom is 0.313 e. The van der Waals surface area contributed by atoms with E-state index in [1.807, 2.05) is 30.3 Å². The van der Waals surface area contributed by atoms with Crippen molar-refractivity contribution in [2.45, 2.75) is 27.5 Å². The number of hydrogen-bond acceptors (Lipinski definition) is 5. The van der Waals surface area contributed by atoms with Gasteiger partial charge in [0.05, 0.1) is 5.41 Å². The van der Waals surface area contributed by atoms with Crippen molar-refractivity contribution in [1.82, 2.24) is 20.2 Å². The van der Waals surface area contributed by atoms with E-state index in [4.69, 9.17) is 4.74 Å². The standard InChI is InChI=1S/C13H16N4O2/c1-13(2,3)12(18)19-9-17-11(14-15-16-17)10-7-5-4-6-8-10/h4-8H,9H2,1-3H3. The summed E-state index contributed by atoms with van der Waals surface area (Å²) in [6, 6.07) is 9.50. The van der Waals surface area contributed by atoms with Gasteiger partial charge in [-0.1, -0.05) is 30.3 Å².